The van der Waals surface area contributed by atoms with Gasteiger partial charge in [-0.3, -0.25) is 0 Å². The van der Waals surface area contributed by atoms with E-state index in [4.69, 9.17) is 16.3 Å². The van der Waals surface area contributed by atoms with E-state index in [9.17, 15) is 5.26 Å². The molecule has 2 aromatic carbocycles. The van der Waals surface area contributed by atoms with Crippen molar-refractivity contribution in [3.8, 4) is 23.1 Å². The fourth-order valence-electron chi connectivity index (χ4n) is 2.27. The number of hydrogen-bond donors (Lipinski definition) is 0. The molecule has 1 aromatic heterocycles. The third kappa shape index (κ3) is 4.40. The number of nitrogens with zero attached hydrogens (tertiary/aromatic N) is 2. The van der Waals surface area contributed by atoms with Gasteiger partial charge >= 0.3 is 0 Å². The average molecular weight is 379 g/mol. The highest BCUT2D eigenvalue weighted by Gasteiger charge is 2.09. The molecule has 5 heteroatoms. The molecule has 0 amide bonds. The van der Waals surface area contributed by atoms with Crippen molar-refractivity contribution >= 4 is 34.6 Å². The molecule has 3 aromatic rings. The topological polar surface area (TPSA) is 45.9 Å². The van der Waals surface area contributed by atoms with Gasteiger partial charge in [0.1, 0.15) is 23.4 Å². The molecule has 0 spiro atoms. The predicted molar refractivity (Wildman–Crippen MR) is 108 cm³/mol. The Morgan fingerprint density at radius 3 is 2.58 bits per heavy atom. The lowest BCUT2D eigenvalue weighted by molar-refractivity contribution is 0.363. The molecule has 1 heterocycles. The standard InChI is InChI=1S/C21H15ClN2OS/c1-2-11-25-19-9-3-15(4-10-19)12-17(13-23)21-24-20(14-26-21)16-5-7-18(22)8-6-16/h2-10,12,14H,1,11H2/b17-12+. The van der Waals surface area contributed by atoms with E-state index in [1.165, 1.54) is 11.3 Å². The van der Waals surface area contributed by atoms with Crippen molar-refractivity contribution in [3.05, 3.63) is 82.2 Å². The largest absolute Gasteiger partial charge is 0.490 e. The maximum Gasteiger partial charge on any atom is 0.134 e. The first-order valence-corrected chi connectivity index (χ1v) is 9.13. The molecule has 26 heavy (non-hydrogen) atoms. The van der Waals surface area contributed by atoms with Gasteiger partial charge in [0.15, 0.2) is 0 Å². The summed E-state index contributed by atoms with van der Waals surface area (Å²) >= 11 is 7.37. The van der Waals surface area contributed by atoms with Crippen LogP contribution in [0.4, 0.5) is 0 Å². The molecule has 0 atom stereocenters. The van der Waals surface area contributed by atoms with E-state index in [0.29, 0.717) is 22.2 Å². The molecular weight excluding hydrogens is 364 g/mol. The number of thiazole rings is 1. The van der Waals surface area contributed by atoms with Crippen molar-refractivity contribution in [2.75, 3.05) is 6.61 Å². The fraction of sp³-hybridized carbons (Fsp3) is 0.0476. The Hall–Kier alpha value is -2.87. The zero-order chi connectivity index (χ0) is 18.4. The smallest absolute Gasteiger partial charge is 0.134 e. The Kier molecular flexibility index (Phi) is 5.85. The summed E-state index contributed by atoms with van der Waals surface area (Å²) in [4.78, 5) is 4.58. The van der Waals surface area contributed by atoms with Gasteiger partial charge in [-0.05, 0) is 35.9 Å². The summed E-state index contributed by atoms with van der Waals surface area (Å²) in [5.74, 6) is 0.764. The Bertz CT molecular complexity index is 966. The summed E-state index contributed by atoms with van der Waals surface area (Å²) in [5, 5.41) is 12.8. The minimum Gasteiger partial charge on any atom is -0.490 e. The number of nitriles is 1. The van der Waals surface area contributed by atoms with Gasteiger partial charge in [0.05, 0.1) is 11.3 Å². The molecule has 0 saturated carbocycles. The number of halogens is 1. The van der Waals surface area contributed by atoms with Crippen LogP contribution in [0.25, 0.3) is 22.9 Å². The molecule has 0 aliphatic rings. The molecule has 3 rings (SSSR count). The second kappa shape index (κ2) is 8.48. The van der Waals surface area contributed by atoms with Gasteiger partial charge in [-0.2, -0.15) is 5.26 Å². The lowest BCUT2D eigenvalue weighted by Crippen LogP contribution is -1.92. The molecule has 0 fully saturated rings. The summed E-state index contributed by atoms with van der Waals surface area (Å²) in [7, 11) is 0. The highest BCUT2D eigenvalue weighted by molar-refractivity contribution is 7.11. The number of benzene rings is 2. The van der Waals surface area contributed by atoms with Gasteiger partial charge in [0, 0.05) is 16.0 Å². The summed E-state index contributed by atoms with van der Waals surface area (Å²) in [6, 6.07) is 17.3. The van der Waals surface area contributed by atoms with Crippen LogP contribution in [-0.4, -0.2) is 11.6 Å². The van der Waals surface area contributed by atoms with Crippen LogP contribution in [0.3, 0.4) is 0 Å². The second-order valence-electron chi connectivity index (χ2n) is 5.38. The van der Waals surface area contributed by atoms with Crippen molar-refractivity contribution < 1.29 is 4.74 Å². The predicted octanol–water partition coefficient (Wildman–Crippen LogP) is 6.09. The minimum absolute atomic E-state index is 0.464. The third-order valence-electron chi connectivity index (χ3n) is 3.55. The maximum atomic E-state index is 9.52. The van der Waals surface area contributed by atoms with E-state index in [2.05, 4.69) is 17.6 Å². The maximum absolute atomic E-state index is 9.52. The molecular formula is C21H15ClN2OS. The van der Waals surface area contributed by atoms with Crippen LogP contribution in [0.1, 0.15) is 10.6 Å². The first-order valence-electron chi connectivity index (χ1n) is 7.87. The number of ether oxygens (including phenoxy) is 1. The van der Waals surface area contributed by atoms with Gasteiger partial charge in [0.25, 0.3) is 0 Å². The van der Waals surface area contributed by atoms with Crippen molar-refractivity contribution in [2.45, 2.75) is 0 Å². The Labute approximate surface area is 161 Å². The van der Waals surface area contributed by atoms with Gasteiger partial charge in [-0.25, -0.2) is 4.98 Å². The van der Waals surface area contributed by atoms with Crippen LogP contribution >= 0.6 is 22.9 Å². The van der Waals surface area contributed by atoms with Crippen LogP contribution in [-0.2, 0) is 0 Å². The first-order chi connectivity index (χ1) is 12.7. The lowest BCUT2D eigenvalue weighted by Gasteiger charge is -2.03. The molecule has 0 radical (unpaired) electrons. The van der Waals surface area contributed by atoms with Crippen molar-refractivity contribution in [1.82, 2.24) is 4.98 Å². The zero-order valence-corrected chi connectivity index (χ0v) is 15.4. The van der Waals surface area contributed by atoms with Crippen LogP contribution in [0.15, 0.2) is 66.6 Å². The Morgan fingerprint density at radius 1 is 1.19 bits per heavy atom. The number of hydrogen-bond acceptors (Lipinski definition) is 4. The summed E-state index contributed by atoms with van der Waals surface area (Å²) in [6.45, 7) is 4.09. The molecule has 0 unspecified atom stereocenters. The molecule has 0 aliphatic carbocycles. The van der Waals surface area contributed by atoms with Crippen molar-refractivity contribution in [1.29, 1.82) is 5.26 Å². The van der Waals surface area contributed by atoms with Crippen LogP contribution < -0.4 is 4.74 Å². The fourth-order valence-corrected chi connectivity index (χ4v) is 3.20. The quantitative estimate of drug-likeness (QED) is 0.385. The third-order valence-corrected chi connectivity index (χ3v) is 4.68. The average Bonchev–Trinajstić information content (AvgIpc) is 3.16. The summed E-state index contributed by atoms with van der Waals surface area (Å²) in [6.07, 6.45) is 3.52. The normalized spacial score (nSPS) is 11.0. The zero-order valence-electron chi connectivity index (χ0n) is 13.9. The SMILES string of the molecule is C=CCOc1ccc(/C=C(\C#N)c2nc(-c3ccc(Cl)cc3)cs2)cc1. The Balaban J connectivity index is 1.82. The summed E-state index contributed by atoms with van der Waals surface area (Å²) < 4.78 is 5.46. The van der Waals surface area contributed by atoms with Crippen LogP contribution in [0.2, 0.25) is 5.02 Å². The molecule has 0 aliphatic heterocycles. The van der Waals surface area contributed by atoms with Crippen LogP contribution in [0, 0.1) is 11.3 Å². The molecule has 0 N–H and O–H groups in total. The number of aromatic nitrogens is 1. The van der Waals surface area contributed by atoms with E-state index in [0.717, 1.165) is 22.6 Å². The van der Waals surface area contributed by atoms with Gasteiger partial charge in [0.2, 0.25) is 0 Å². The summed E-state index contributed by atoms with van der Waals surface area (Å²) in [5.41, 5.74) is 3.24. The van der Waals surface area contributed by atoms with Crippen molar-refractivity contribution in [3.63, 3.8) is 0 Å². The molecule has 128 valence electrons. The van der Waals surface area contributed by atoms with E-state index in [-0.39, 0.29) is 0 Å². The molecule has 3 nitrogen and oxygen atoms in total. The van der Waals surface area contributed by atoms with E-state index in [1.807, 2.05) is 60.0 Å². The highest BCUT2D eigenvalue weighted by atomic mass is 35.5. The monoisotopic (exact) mass is 378 g/mol. The molecule has 0 bridgehead atoms. The minimum atomic E-state index is 0.464. The van der Waals surface area contributed by atoms with Crippen LogP contribution in [0.5, 0.6) is 5.75 Å². The van der Waals surface area contributed by atoms with E-state index >= 15 is 0 Å². The lowest BCUT2D eigenvalue weighted by atomic mass is 10.1. The Morgan fingerprint density at radius 2 is 1.92 bits per heavy atom. The number of rotatable bonds is 6. The van der Waals surface area contributed by atoms with Gasteiger partial charge in [-0.1, -0.05) is 48.5 Å². The van der Waals surface area contributed by atoms with E-state index in [1.54, 1.807) is 6.08 Å². The second-order valence-corrected chi connectivity index (χ2v) is 6.68. The van der Waals surface area contributed by atoms with E-state index < -0.39 is 0 Å². The first kappa shape index (κ1) is 17.9. The van der Waals surface area contributed by atoms with Gasteiger partial charge < -0.3 is 4.74 Å². The molecule has 0 saturated heterocycles. The highest BCUT2D eigenvalue weighted by Crippen LogP contribution is 2.28. The van der Waals surface area contributed by atoms with Crippen molar-refractivity contribution in [2.24, 2.45) is 0 Å². The van der Waals surface area contributed by atoms with Gasteiger partial charge in [-0.15, -0.1) is 11.3 Å². The number of allylic oxidation sites excluding steroid dienone is 1.